The number of sulfonamides is 1. The monoisotopic (exact) mass is 408 g/mol. The van der Waals surface area contributed by atoms with Gasteiger partial charge >= 0.3 is 0 Å². The third kappa shape index (κ3) is 4.45. The first kappa shape index (κ1) is 20.2. The molecule has 0 spiro atoms. The predicted octanol–water partition coefficient (Wildman–Crippen LogP) is 0.731. The summed E-state index contributed by atoms with van der Waals surface area (Å²) in [5.74, 6) is 0.861. The standard InChI is InChI=1S/C18H24N4O5S/c1-20-13-15(12-19-20)28(24,25)22-9-5-8-21(10-11-22)18(23)14-27-17-7-4-3-6-16(17)26-2/h3-4,6-7,12-13H,5,8-11,14H2,1-2H3. The molecule has 1 saturated heterocycles. The second kappa shape index (κ2) is 8.61. The molecule has 10 heteroatoms. The number of carbonyl (C=O) groups excluding carboxylic acids is 1. The number of aromatic nitrogens is 2. The van der Waals surface area contributed by atoms with Gasteiger partial charge in [-0.2, -0.15) is 9.40 Å². The van der Waals surface area contributed by atoms with Crippen molar-refractivity contribution < 1.29 is 22.7 Å². The molecule has 2 aromatic rings. The third-order valence-corrected chi connectivity index (χ3v) is 6.40. The lowest BCUT2D eigenvalue weighted by atomic mass is 10.3. The first-order chi connectivity index (χ1) is 13.4. The molecule has 0 saturated carbocycles. The van der Waals surface area contributed by atoms with Crippen molar-refractivity contribution in [2.45, 2.75) is 11.3 Å². The van der Waals surface area contributed by atoms with Crippen molar-refractivity contribution in [2.75, 3.05) is 39.9 Å². The summed E-state index contributed by atoms with van der Waals surface area (Å²) in [7, 11) is -0.406. The molecule has 0 unspecified atom stereocenters. The molecule has 1 amide bonds. The number of nitrogens with zero attached hydrogens (tertiary/aromatic N) is 4. The molecule has 1 aromatic heterocycles. The molecule has 1 aromatic carbocycles. The predicted molar refractivity (Wildman–Crippen MR) is 102 cm³/mol. The first-order valence-electron chi connectivity index (χ1n) is 8.94. The van der Waals surface area contributed by atoms with Crippen LogP contribution in [-0.2, 0) is 21.9 Å². The van der Waals surface area contributed by atoms with Crippen LogP contribution in [0.15, 0.2) is 41.6 Å². The summed E-state index contributed by atoms with van der Waals surface area (Å²) in [6.07, 6.45) is 3.37. The minimum Gasteiger partial charge on any atom is -0.493 e. The van der Waals surface area contributed by atoms with Crippen molar-refractivity contribution in [3.63, 3.8) is 0 Å². The number of methoxy groups -OCH3 is 1. The largest absolute Gasteiger partial charge is 0.493 e. The van der Waals surface area contributed by atoms with Crippen LogP contribution in [0.3, 0.4) is 0 Å². The van der Waals surface area contributed by atoms with Gasteiger partial charge in [0.25, 0.3) is 5.91 Å². The number of benzene rings is 1. The summed E-state index contributed by atoms with van der Waals surface area (Å²) in [5.41, 5.74) is 0. The molecule has 152 valence electrons. The van der Waals surface area contributed by atoms with Crippen molar-refractivity contribution in [3.05, 3.63) is 36.7 Å². The Balaban J connectivity index is 1.59. The lowest BCUT2D eigenvalue weighted by molar-refractivity contribution is -0.133. The zero-order valence-electron chi connectivity index (χ0n) is 15.9. The minimum atomic E-state index is -3.61. The fraction of sp³-hybridized carbons (Fsp3) is 0.444. The highest BCUT2D eigenvalue weighted by Gasteiger charge is 2.29. The van der Waals surface area contributed by atoms with Crippen molar-refractivity contribution in [1.29, 1.82) is 0 Å². The van der Waals surface area contributed by atoms with Crippen molar-refractivity contribution >= 4 is 15.9 Å². The van der Waals surface area contributed by atoms with Gasteiger partial charge in [0.15, 0.2) is 18.1 Å². The average molecular weight is 408 g/mol. The van der Waals surface area contributed by atoms with Gasteiger partial charge in [-0.05, 0) is 18.6 Å². The smallest absolute Gasteiger partial charge is 0.260 e. The maximum atomic E-state index is 12.7. The van der Waals surface area contributed by atoms with Crippen LogP contribution in [0.1, 0.15) is 6.42 Å². The zero-order valence-corrected chi connectivity index (χ0v) is 16.8. The van der Waals surface area contributed by atoms with E-state index in [9.17, 15) is 13.2 Å². The Morgan fingerprint density at radius 1 is 1.14 bits per heavy atom. The van der Waals surface area contributed by atoms with Gasteiger partial charge in [-0.3, -0.25) is 9.48 Å². The second-order valence-corrected chi connectivity index (χ2v) is 8.37. The molecule has 0 aliphatic carbocycles. The molecular formula is C18H24N4O5S. The summed E-state index contributed by atoms with van der Waals surface area (Å²) < 4.78 is 39.1. The van der Waals surface area contributed by atoms with Crippen LogP contribution in [0.25, 0.3) is 0 Å². The van der Waals surface area contributed by atoms with E-state index in [1.807, 2.05) is 6.07 Å². The second-order valence-electron chi connectivity index (χ2n) is 6.43. The average Bonchev–Trinajstić information content (AvgIpc) is 2.98. The molecule has 1 aliphatic rings. The van der Waals surface area contributed by atoms with Crippen LogP contribution >= 0.6 is 0 Å². The first-order valence-corrected chi connectivity index (χ1v) is 10.4. The number of ether oxygens (including phenoxy) is 2. The number of aryl methyl sites for hydroxylation is 1. The Kier molecular flexibility index (Phi) is 6.20. The van der Waals surface area contributed by atoms with Crippen molar-refractivity contribution in [1.82, 2.24) is 19.0 Å². The molecule has 2 heterocycles. The van der Waals surface area contributed by atoms with Gasteiger partial charge in [0.1, 0.15) is 4.90 Å². The molecule has 1 aliphatic heterocycles. The van der Waals surface area contributed by atoms with Crippen LogP contribution in [0.4, 0.5) is 0 Å². The van der Waals surface area contributed by atoms with Gasteiger partial charge in [-0.25, -0.2) is 8.42 Å². The molecule has 9 nitrogen and oxygen atoms in total. The van der Waals surface area contributed by atoms with E-state index in [-0.39, 0.29) is 24.0 Å². The van der Waals surface area contributed by atoms with Crippen LogP contribution in [0.2, 0.25) is 0 Å². The highest BCUT2D eigenvalue weighted by molar-refractivity contribution is 7.89. The Labute approximate surface area is 164 Å². The Morgan fingerprint density at radius 2 is 1.89 bits per heavy atom. The Hall–Kier alpha value is -2.59. The number of amides is 1. The zero-order chi connectivity index (χ0) is 20.1. The van der Waals surface area contributed by atoms with E-state index in [0.717, 1.165) is 0 Å². The van der Waals surface area contributed by atoms with Gasteiger partial charge in [0, 0.05) is 39.4 Å². The minimum absolute atomic E-state index is 0.129. The molecule has 0 bridgehead atoms. The lowest BCUT2D eigenvalue weighted by Gasteiger charge is -2.22. The molecule has 28 heavy (non-hydrogen) atoms. The maximum absolute atomic E-state index is 12.7. The summed E-state index contributed by atoms with van der Waals surface area (Å²) in [6.45, 7) is 1.25. The molecule has 0 radical (unpaired) electrons. The number of hydrogen-bond acceptors (Lipinski definition) is 6. The Bertz CT molecular complexity index is 928. The number of carbonyl (C=O) groups is 1. The van der Waals surface area contributed by atoms with E-state index in [4.69, 9.17) is 9.47 Å². The fourth-order valence-electron chi connectivity index (χ4n) is 3.03. The van der Waals surface area contributed by atoms with Crippen molar-refractivity contribution in [2.24, 2.45) is 7.05 Å². The van der Waals surface area contributed by atoms with Gasteiger partial charge in [0.2, 0.25) is 10.0 Å². The third-order valence-electron chi connectivity index (χ3n) is 4.55. The van der Waals surface area contributed by atoms with E-state index < -0.39 is 10.0 Å². The van der Waals surface area contributed by atoms with Gasteiger partial charge < -0.3 is 14.4 Å². The van der Waals surface area contributed by atoms with Gasteiger partial charge in [-0.15, -0.1) is 0 Å². The SMILES string of the molecule is COc1ccccc1OCC(=O)N1CCCN(S(=O)(=O)c2cnn(C)c2)CC1. The Morgan fingerprint density at radius 3 is 2.57 bits per heavy atom. The van der Waals surface area contributed by atoms with E-state index in [2.05, 4.69) is 5.10 Å². The van der Waals surface area contributed by atoms with E-state index in [0.29, 0.717) is 37.6 Å². The number of para-hydroxylation sites is 2. The summed E-state index contributed by atoms with van der Waals surface area (Å²) in [6, 6.07) is 7.11. The van der Waals surface area contributed by atoms with E-state index in [1.54, 1.807) is 30.1 Å². The topological polar surface area (TPSA) is 94.0 Å². The van der Waals surface area contributed by atoms with Crippen LogP contribution in [-0.4, -0.2) is 73.2 Å². The summed E-state index contributed by atoms with van der Waals surface area (Å²) in [4.78, 5) is 14.3. The van der Waals surface area contributed by atoms with Crippen LogP contribution in [0.5, 0.6) is 11.5 Å². The summed E-state index contributed by atoms with van der Waals surface area (Å²) in [5, 5.41) is 3.93. The number of hydrogen-bond donors (Lipinski definition) is 0. The fourth-order valence-corrected chi connectivity index (χ4v) is 4.49. The molecule has 0 atom stereocenters. The highest BCUT2D eigenvalue weighted by atomic mass is 32.2. The van der Waals surface area contributed by atoms with Gasteiger partial charge in [-0.1, -0.05) is 12.1 Å². The van der Waals surface area contributed by atoms with Gasteiger partial charge in [0.05, 0.1) is 13.3 Å². The lowest BCUT2D eigenvalue weighted by Crippen LogP contribution is -2.39. The van der Waals surface area contributed by atoms with Crippen LogP contribution < -0.4 is 9.47 Å². The molecular weight excluding hydrogens is 384 g/mol. The maximum Gasteiger partial charge on any atom is 0.260 e. The molecule has 1 fully saturated rings. The highest BCUT2D eigenvalue weighted by Crippen LogP contribution is 2.25. The molecule has 3 rings (SSSR count). The van der Waals surface area contributed by atoms with Crippen molar-refractivity contribution in [3.8, 4) is 11.5 Å². The van der Waals surface area contributed by atoms with E-state index >= 15 is 0 Å². The van der Waals surface area contributed by atoms with E-state index in [1.165, 1.54) is 28.5 Å². The van der Waals surface area contributed by atoms with Crippen LogP contribution in [0, 0.1) is 0 Å². The molecule has 0 N–H and O–H groups in total. The quantitative estimate of drug-likeness (QED) is 0.700. The normalized spacial score (nSPS) is 15.9. The number of rotatable bonds is 6. The summed E-state index contributed by atoms with van der Waals surface area (Å²) >= 11 is 0.